The summed E-state index contributed by atoms with van der Waals surface area (Å²) in [5, 5.41) is 0.778. The minimum atomic E-state index is 0.178. The van der Waals surface area contributed by atoms with Crippen molar-refractivity contribution in [3.05, 3.63) is 28.8 Å². The van der Waals surface area contributed by atoms with E-state index in [1.165, 1.54) is 5.56 Å². The van der Waals surface area contributed by atoms with Crippen LogP contribution in [-0.2, 0) is 11.2 Å². The second-order valence-corrected chi connectivity index (χ2v) is 5.15. The quantitative estimate of drug-likeness (QED) is 0.746. The number of para-hydroxylation sites is 1. The molecule has 0 spiro atoms. The third-order valence-corrected chi connectivity index (χ3v) is 3.54. The second kappa shape index (κ2) is 8.41. The summed E-state index contributed by atoms with van der Waals surface area (Å²) in [5.41, 5.74) is 8.35. The summed E-state index contributed by atoms with van der Waals surface area (Å²) >= 11 is 6.34. The minimum absolute atomic E-state index is 0.178. The first-order valence-electron chi connectivity index (χ1n) is 6.91. The van der Waals surface area contributed by atoms with Gasteiger partial charge >= 0.3 is 0 Å². The summed E-state index contributed by atoms with van der Waals surface area (Å²) in [5.74, 6) is 0. The van der Waals surface area contributed by atoms with Gasteiger partial charge in [-0.15, -0.1) is 0 Å². The van der Waals surface area contributed by atoms with Crippen LogP contribution in [0.3, 0.4) is 0 Å². The fourth-order valence-electron chi connectivity index (χ4n) is 2.04. The van der Waals surface area contributed by atoms with Crippen molar-refractivity contribution in [2.45, 2.75) is 32.7 Å². The second-order valence-electron chi connectivity index (χ2n) is 4.74. The van der Waals surface area contributed by atoms with Crippen LogP contribution in [0, 0.1) is 0 Å². The number of benzene rings is 1. The molecule has 0 bridgehead atoms. The Morgan fingerprint density at radius 3 is 2.74 bits per heavy atom. The van der Waals surface area contributed by atoms with Crippen molar-refractivity contribution in [1.82, 2.24) is 0 Å². The average Bonchev–Trinajstić information content (AvgIpc) is 2.38. The molecule has 0 heterocycles. The Morgan fingerprint density at radius 1 is 1.37 bits per heavy atom. The first-order chi connectivity index (χ1) is 9.10. The van der Waals surface area contributed by atoms with E-state index in [1.807, 2.05) is 26.1 Å². The standard InChI is InChI=1S/C15H25ClN2O/c1-4-13(17)11-12-7-6-8-14(16)15(12)18(3)9-10-19-5-2/h6-8,13H,4-5,9-11,17H2,1-3H3. The molecular weight excluding hydrogens is 260 g/mol. The third kappa shape index (κ3) is 5.01. The van der Waals surface area contributed by atoms with Crippen molar-refractivity contribution in [2.24, 2.45) is 5.73 Å². The van der Waals surface area contributed by atoms with Gasteiger partial charge in [-0.05, 0) is 31.4 Å². The summed E-state index contributed by atoms with van der Waals surface area (Å²) < 4.78 is 5.40. The van der Waals surface area contributed by atoms with Gasteiger partial charge in [0, 0.05) is 26.2 Å². The van der Waals surface area contributed by atoms with E-state index in [0.29, 0.717) is 6.61 Å². The van der Waals surface area contributed by atoms with Crippen LogP contribution >= 0.6 is 11.6 Å². The Bertz CT molecular complexity index is 384. The van der Waals surface area contributed by atoms with Gasteiger partial charge in [0.25, 0.3) is 0 Å². The molecule has 0 aliphatic carbocycles. The van der Waals surface area contributed by atoms with E-state index in [9.17, 15) is 0 Å². The molecule has 1 aromatic carbocycles. The van der Waals surface area contributed by atoms with Crippen LogP contribution in [0.4, 0.5) is 5.69 Å². The maximum atomic E-state index is 6.34. The number of hydrogen-bond donors (Lipinski definition) is 1. The number of halogens is 1. The molecule has 0 fully saturated rings. The topological polar surface area (TPSA) is 38.5 Å². The number of ether oxygens (including phenoxy) is 1. The molecule has 19 heavy (non-hydrogen) atoms. The van der Waals surface area contributed by atoms with Gasteiger partial charge in [-0.1, -0.05) is 30.7 Å². The van der Waals surface area contributed by atoms with Crippen LogP contribution in [0.2, 0.25) is 5.02 Å². The highest BCUT2D eigenvalue weighted by Crippen LogP contribution is 2.30. The molecule has 4 heteroatoms. The van der Waals surface area contributed by atoms with Crippen LogP contribution < -0.4 is 10.6 Å². The monoisotopic (exact) mass is 284 g/mol. The fraction of sp³-hybridized carbons (Fsp3) is 0.600. The third-order valence-electron chi connectivity index (χ3n) is 3.23. The van der Waals surface area contributed by atoms with Gasteiger partial charge in [0.05, 0.1) is 17.3 Å². The molecule has 1 atom stereocenters. The highest BCUT2D eigenvalue weighted by molar-refractivity contribution is 6.33. The van der Waals surface area contributed by atoms with Crippen molar-refractivity contribution in [2.75, 3.05) is 31.7 Å². The molecule has 0 aliphatic heterocycles. The Morgan fingerprint density at radius 2 is 2.11 bits per heavy atom. The van der Waals surface area contributed by atoms with Crippen LogP contribution in [0.15, 0.2) is 18.2 Å². The lowest BCUT2D eigenvalue weighted by molar-refractivity contribution is 0.154. The van der Waals surface area contributed by atoms with Crippen molar-refractivity contribution >= 4 is 17.3 Å². The molecule has 1 rings (SSSR count). The zero-order valence-corrected chi connectivity index (χ0v) is 12.9. The summed E-state index contributed by atoms with van der Waals surface area (Å²) in [4.78, 5) is 2.15. The van der Waals surface area contributed by atoms with E-state index in [1.54, 1.807) is 0 Å². The highest BCUT2D eigenvalue weighted by atomic mass is 35.5. The zero-order chi connectivity index (χ0) is 14.3. The molecule has 0 amide bonds. The molecule has 0 aliphatic rings. The van der Waals surface area contributed by atoms with Gasteiger partial charge in [-0.3, -0.25) is 0 Å². The van der Waals surface area contributed by atoms with Crippen molar-refractivity contribution in [3.63, 3.8) is 0 Å². The highest BCUT2D eigenvalue weighted by Gasteiger charge is 2.13. The molecule has 3 nitrogen and oxygen atoms in total. The van der Waals surface area contributed by atoms with E-state index in [-0.39, 0.29) is 6.04 Å². The first-order valence-corrected chi connectivity index (χ1v) is 7.29. The van der Waals surface area contributed by atoms with Crippen molar-refractivity contribution in [1.29, 1.82) is 0 Å². The van der Waals surface area contributed by atoms with E-state index in [0.717, 1.165) is 36.7 Å². The number of hydrogen-bond acceptors (Lipinski definition) is 3. The average molecular weight is 285 g/mol. The summed E-state index contributed by atoms with van der Waals surface area (Å²) in [6.07, 6.45) is 1.82. The smallest absolute Gasteiger partial charge is 0.0642 e. The van der Waals surface area contributed by atoms with Gasteiger partial charge in [-0.25, -0.2) is 0 Å². The molecule has 2 N–H and O–H groups in total. The van der Waals surface area contributed by atoms with Crippen LogP contribution in [-0.4, -0.2) is 32.8 Å². The molecule has 0 saturated heterocycles. The number of nitrogens with two attached hydrogens (primary N) is 1. The van der Waals surface area contributed by atoms with E-state index >= 15 is 0 Å². The Balaban J connectivity index is 2.84. The number of likely N-dealkylation sites (N-methyl/N-ethyl adjacent to an activating group) is 1. The summed E-state index contributed by atoms with van der Waals surface area (Å²) in [6, 6.07) is 6.19. The molecule has 108 valence electrons. The number of rotatable bonds is 8. The maximum absolute atomic E-state index is 6.34. The van der Waals surface area contributed by atoms with Gasteiger partial charge in [0.1, 0.15) is 0 Å². The zero-order valence-electron chi connectivity index (χ0n) is 12.2. The predicted octanol–water partition coefficient (Wildman–Crippen LogP) is 3.09. The molecule has 0 radical (unpaired) electrons. The van der Waals surface area contributed by atoms with E-state index in [2.05, 4.69) is 17.9 Å². The lowest BCUT2D eigenvalue weighted by atomic mass is 10.0. The lowest BCUT2D eigenvalue weighted by Crippen LogP contribution is -2.27. The Hall–Kier alpha value is -0.770. The Labute approximate surface area is 121 Å². The van der Waals surface area contributed by atoms with Gasteiger partial charge < -0.3 is 15.4 Å². The molecule has 1 unspecified atom stereocenters. The van der Waals surface area contributed by atoms with Gasteiger partial charge in [0.2, 0.25) is 0 Å². The summed E-state index contributed by atoms with van der Waals surface area (Å²) in [7, 11) is 2.04. The largest absolute Gasteiger partial charge is 0.380 e. The predicted molar refractivity (Wildman–Crippen MR) is 83.2 cm³/mol. The first kappa shape index (κ1) is 16.3. The summed E-state index contributed by atoms with van der Waals surface area (Å²) in [6.45, 7) is 6.38. The fourth-order valence-corrected chi connectivity index (χ4v) is 2.38. The van der Waals surface area contributed by atoms with Gasteiger partial charge in [-0.2, -0.15) is 0 Å². The molecule has 0 saturated carbocycles. The van der Waals surface area contributed by atoms with Crippen molar-refractivity contribution in [3.8, 4) is 0 Å². The maximum Gasteiger partial charge on any atom is 0.0642 e. The SMILES string of the molecule is CCOCCN(C)c1c(Cl)cccc1CC(N)CC. The van der Waals surface area contributed by atoms with Gasteiger partial charge in [0.15, 0.2) is 0 Å². The number of anilines is 1. The van der Waals surface area contributed by atoms with E-state index in [4.69, 9.17) is 22.1 Å². The Kier molecular flexibility index (Phi) is 7.21. The van der Waals surface area contributed by atoms with Crippen LogP contribution in [0.25, 0.3) is 0 Å². The number of nitrogens with zero attached hydrogens (tertiary/aromatic N) is 1. The molecule has 1 aromatic rings. The van der Waals surface area contributed by atoms with Crippen LogP contribution in [0.1, 0.15) is 25.8 Å². The normalized spacial score (nSPS) is 12.5. The minimum Gasteiger partial charge on any atom is -0.380 e. The van der Waals surface area contributed by atoms with Crippen LogP contribution in [0.5, 0.6) is 0 Å². The van der Waals surface area contributed by atoms with Crippen molar-refractivity contribution < 1.29 is 4.74 Å². The van der Waals surface area contributed by atoms with E-state index < -0.39 is 0 Å². The lowest BCUT2D eigenvalue weighted by Gasteiger charge is -2.24. The molecule has 0 aromatic heterocycles. The molecular formula is C15H25ClN2O.